The van der Waals surface area contributed by atoms with Crippen molar-refractivity contribution in [3.63, 3.8) is 0 Å². The first-order chi connectivity index (χ1) is 13.0. The van der Waals surface area contributed by atoms with Crippen molar-refractivity contribution in [3.8, 4) is 5.75 Å². The molecule has 5 nitrogen and oxygen atoms in total. The van der Waals surface area contributed by atoms with Crippen LogP contribution < -0.4 is 10.1 Å². The highest BCUT2D eigenvalue weighted by molar-refractivity contribution is 5.88. The molecule has 2 amide bonds. The number of nitrogens with one attached hydrogen (secondary N) is 1. The summed E-state index contributed by atoms with van der Waals surface area (Å²) in [5.41, 5.74) is 3.03. The summed E-state index contributed by atoms with van der Waals surface area (Å²) >= 11 is 0. The van der Waals surface area contributed by atoms with E-state index >= 15 is 0 Å². The van der Waals surface area contributed by atoms with Crippen LogP contribution in [0.5, 0.6) is 5.75 Å². The van der Waals surface area contributed by atoms with Gasteiger partial charge in [-0.25, -0.2) is 0 Å². The van der Waals surface area contributed by atoms with Gasteiger partial charge in [0.15, 0.2) is 0 Å². The molecule has 1 atom stereocenters. The maximum atomic E-state index is 13.0. The molecule has 0 heterocycles. The minimum atomic E-state index is -0.546. The first-order valence-electron chi connectivity index (χ1n) is 9.20. The Morgan fingerprint density at radius 2 is 1.78 bits per heavy atom. The Labute approximate surface area is 161 Å². The SMILES string of the molecule is CCNC(=O)C(C)N(Cc1ccccc1C)C(=O)Cc1ccc(OC)cc1. The summed E-state index contributed by atoms with van der Waals surface area (Å²) < 4.78 is 5.16. The van der Waals surface area contributed by atoms with E-state index in [2.05, 4.69) is 5.32 Å². The van der Waals surface area contributed by atoms with E-state index in [1.165, 1.54) is 0 Å². The summed E-state index contributed by atoms with van der Waals surface area (Å²) in [6.45, 7) is 6.59. The number of rotatable bonds is 8. The average Bonchev–Trinajstić information content (AvgIpc) is 2.67. The van der Waals surface area contributed by atoms with Gasteiger partial charge >= 0.3 is 0 Å². The van der Waals surface area contributed by atoms with Crippen LogP contribution in [0.2, 0.25) is 0 Å². The Balaban J connectivity index is 2.22. The van der Waals surface area contributed by atoms with Gasteiger partial charge in [-0.05, 0) is 49.6 Å². The number of benzene rings is 2. The van der Waals surface area contributed by atoms with Crippen molar-refractivity contribution in [1.29, 1.82) is 0 Å². The number of amides is 2. The van der Waals surface area contributed by atoms with Crippen LogP contribution in [-0.4, -0.2) is 36.4 Å². The molecule has 0 aliphatic carbocycles. The highest BCUT2D eigenvalue weighted by Gasteiger charge is 2.26. The molecular weight excluding hydrogens is 340 g/mol. The molecular formula is C22H28N2O3. The van der Waals surface area contributed by atoms with Crippen molar-refractivity contribution in [2.45, 2.75) is 39.8 Å². The fourth-order valence-electron chi connectivity index (χ4n) is 2.90. The van der Waals surface area contributed by atoms with Crippen molar-refractivity contribution in [3.05, 3.63) is 65.2 Å². The Hall–Kier alpha value is -2.82. The molecule has 27 heavy (non-hydrogen) atoms. The lowest BCUT2D eigenvalue weighted by Gasteiger charge is -2.29. The Morgan fingerprint density at radius 1 is 1.11 bits per heavy atom. The first-order valence-corrected chi connectivity index (χ1v) is 9.20. The van der Waals surface area contributed by atoms with Gasteiger partial charge in [-0.1, -0.05) is 36.4 Å². The predicted molar refractivity (Wildman–Crippen MR) is 107 cm³/mol. The van der Waals surface area contributed by atoms with Crippen LogP contribution in [0.15, 0.2) is 48.5 Å². The van der Waals surface area contributed by atoms with Crippen molar-refractivity contribution in [1.82, 2.24) is 10.2 Å². The molecule has 0 saturated carbocycles. The van der Waals surface area contributed by atoms with Gasteiger partial charge in [0.25, 0.3) is 0 Å². The van der Waals surface area contributed by atoms with Gasteiger partial charge < -0.3 is 15.0 Å². The number of hydrogen-bond donors (Lipinski definition) is 1. The number of carbonyl (C=O) groups excluding carboxylic acids is 2. The van der Waals surface area contributed by atoms with Gasteiger partial charge in [-0.15, -0.1) is 0 Å². The normalized spacial score (nSPS) is 11.6. The molecule has 0 bridgehead atoms. The molecule has 2 aromatic carbocycles. The zero-order valence-electron chi connectivity index (χ0n) is 16.5. The predicted octanol–water partition coefficient (Wildman–Crippen LogP) is 3.10. The Kier molecular flexibility index (Phi) is 7.41. The van der Waals surface area contributed by atoms with E-state index in [9.17, 15) is 9.59 Å². The van der Waals surface area contributed by atoms with E-state index in [4.69, 9.17) is 4.74 Å². The third kappa shape index (κ3) is 5.58. The molecule has 5 heteroatoms. The van der Waals surface area contributed by atoms with Crippen LogP contribution in [0.3, 0.4) is 0 Å². The molecule has 2 aromatic rings. The van der Waals surface area contributed by atoms with Crippen molar-refractivity contribution in [2.24, 2.45) is 0 Å². The summed E-state index contributed by atoms with van der Waals surface area (Å²) in [6.07, 6.45) is 0.236. The quantitative estimate of drug-likeness (QED) is 0.779. The molecule has 0 aliphatic rings. The first kappa shape index (κ1) is 20.5. The fourth-order valence-corrected chi connectivity index (χ4v) is 2.90. The van der Waals surface area contributed by atoms with Gasteiger partial charge in [-0.3, -0.25) is 9.59 Å². The average molecular weight is 368 g/mol. The van der Waals surface area contributed by atoms with Gasteiger partial charge in [0.1, 0.15) is 11.8 Å². The maximum Gasteiger partial charge on any atom is 0.242 e. The molecule has 1 N–H and O–H groups in total. The van der Waals surface area contributed by atoms with Crippen molar-refractivity contribution in [2.75, 3.05) is 13.7 Å². The van der Waals surface area contributed by atoms with E-state index in [1.807, 2.05) is 62.4 Å². The second kappa shape index (κ2) is 9.76. The molecule has 0 radical (unpaired) electrons. The molecule has 1 unspecified atom stereocenters. The van der Waals surface area contributed by atoms with Crippen LogP contribution in [0.25, 0.3) is 0 Å². The molecule has 144 valence electrons. The number of likely N-dealkylation sites (N-methyl/N-ethyl adjacent to an activating group) is 1. The number of nitrogens with zero attached hydrogens (tertiary/aromatic N) is 1. The Bertz CT molecular complexity index is 771. The Morgan fingerprint density at radius 3 is 2.37 bits per heavy atom. The van der Waals surface area contributed by atoms with Crippen molar-refractivity contribution >= 4 is 11.8 Å². The van der Waals surface area contributed by atoms with Gasteiger partial charge in [0.2, 0.25) is 11.8 Å². The summed E-state index contributed by atoms with van der Waals surface area (Å²) in [4.78, 5) is 27.1. The third-order valence-corrected chi connectivity index (χ3v) is 4.63. The number of aryl methyl sites for hydroxylation is 1. The largest absolute Gasteiger partial charge is 0.497 e. The monoisotopic (exact) mass is 368 g/mol. The number of hydrogen-bond acceptors (Lipinski definition) is 3. The smallest absolute Gasteiger partial charge is 0.242 e. The van der Waals surface area contributed by atoms with Crippen LogP contribution >= 0.6 is 0 Å². The summed E-state index contributed by atoms with van der Waals surface area (Å²) in [6, 6.07) is 14.8. The molecule has 0 spiro atoms. The van der Waals surface area contributed by atoms with E-state index in [0.717, 1.165) is 22.4 Å². The molecule has 0 aromatic heterocycles. The van der Waals surface area contributed by atoms with Crippen LogP contribution in [-0.2, 0) is 22.6 Å². The minimum Gasteiger partial charge on any atom is -0.497 e. The summed E-state index contributed by atoms with van der Waals surface area (Å²) in [7, 11) is 1.61. The number of ether oxygens (including phenoxy) is 1. The number of carbonyl (C=O) groups is 2. The molecule has 0 fully saturated rings. The minimum absolute atomic E-state index is 0.0813. The fraction of sp³-hybridized carbons (Fsp3) is 0.364. The lowest BCUT2D eigenvalue weighted by atomic mass is 10.1. The van der Waals surface area contributed by atoms with Crippen LogP contribution in [0, 0.1) is 6.92 Å². The van der Waals surface area contributed by atoms with Gasteiger partial charge in [0, 0.05) is 13.1 Å². The van der Waals surface area contributed by atoms with Gasteiger partial charge in [0.05, 0.1) is 13.5 Å². The number of methoxy groups -OCH3 is 1. The highest BCUT2D eigenvalue weighted by Crippen LogP contribution is 2.17. The summed E-state index contributed by atoms with van der Waals surface area (Å²) in [5.74, 6) is 0.523. The van der Waals surface area contributed by atoms with Gasteiger partial charge in [-0.2, -0.15) is 0 Å². The lowest BCUT2D eigenvalue weighted by Crippen LogP contribution is -2.48. The van der Waals surface area contributed by atoms with E-state index in [0.29, 0.717) is 13.1 Å². The zero-order chi connectivity index (χ0) is 19.8. The third-order valence-electron chi connectivity index (χ3n) is 4.63. The maximum absolute atomic E-state index is 13.0. The second-order valence-corrected chi connectivity index (χ2v) is 6.54. The summed E-state index contributed by atoms with van der Waals surface area (Å²) in [5, 5.41) is 2.81. The lowest BCUT2D eigenvalue weighted by molar-refractivity contribution is -0.140. The van der Waals surface area contributed by atoms with E-state index in [1.54, 1.807) is 18.9 Å². The molecule has 0 saturated heterocycles. The van der Waals surface area contributed by atoms with E-state index in [-0.39, 0.29) is 18.2 Å². The van der Waals surface area contributed by atoms with Crippen molar-refractivity contribution < 1.29 is 14.3 Å². The standard InChI is InChI=1S/C22H28N2O3/c1-5-23-22(26)17(3)24(15-19-9-7-6-8-16(19)2)21(25)14-18-10-12-20(27-4)13-11-18/h6-13,17H,5,14-15H2,1-4H3,(H,23,26). The van der Waals surface area contributed by atoms with E-state index < -0.39 is 6.04 Å². The second-order valence-electron chi connectivity index (χ2n) is 6.54. The highest BCUT2D eigenvalue weighted by atomic mass is 16.5. The zero-order valence-corrected chi connectivity index (χ0v) is 16.5. The molecule has 0 aliphatic heterocycles. The molecule has 2 rings (SSSR count). The van der Waals surface area contributed by atoms with Crippen LogP contribution in [0.1, 0.15) is 30.5 Å². The topological polar surface area (TPSA) is 58.6 Å². The van der Waals surface area contributed by atoms with Crippen LogP contribution in [0.4, 0.5) is 0 Å².